The summed E-state index contributed by atoms with van der Waals surface area (Å²) in [6.45, 7) is 3.46. The molecule has 2 atom stereocenters. The Kier molecular flexibility index (Phi) is 7.27. The maximum atomic E-state index is 13.4. The molecule has 3 aromatic heterocycles. The summed E-state index contributed by atoms with van der Waals surface area (Å²) in [4.78, 5) is 41.1. The van der Waals surface area contributed by atoms with Gasteiger partial charge in [0.2, 0.25) is 11.9 Å². The van der Waals surface area contributed by atoms with Crippen LogP contribution < -0.4 is 10.6 Å². The van der Waals surface area contributed by atoms with Crippen LogP contribution in [0.2, 0.25) is 5.02 Å². The van der Waals surface area contributed by atoms with Crippen LogP contribution in [-0.4, -0.2) is 59.2 Å². The van der Waals surface area contributed by atoms with Crippen molar-refractivity contribution in [2.24, 2.45) is 7.05 Å². The Hall–Kier alpha value is -4.35. The van der Waals surface area contributed by atoms with E-state index in [-0.39, 0.29) is 25.0 Å². The summed E-state index contributed by atoms with van der Waals surface area (Å²) < 4.78 is 1.65. The summed E-state index contributed by atoms with van der Waals surface area (Å²) in [5.41, 5.74) is 4.43. The number of fused-ring (bicyclic) bond motifs is 1. The third-order valence-electron chi connectivity index (χ3n) is 6.53. The molecule has 1 aliphatic heterocycles. The second kappa shape index (κ2) is 10.8. The van der Waals surface area contributed by atoms with Gasteiger partial charge in [-0.2, -0.15) is 5.10 Å². The van der Waals surface area contributed by atoms with Crippen LogP contribution in [0.5, 0.6) is 0 Å². The van der Waals surface area contributed by atoms with Crippen LogP contribution in [0.15, 0.2) is 55.0 Å². The second-order valence-corrected chi connectivity index (χ2v) is 9.75. The maximum absolute atomic E-state index is 13.4. The smallest absolute Gasteiger partial charge is 0.255 e. The van der Waals surface area contributed by atoms with Crippen LogP contribution in [-0.2, 0) is 18.4 Å². The number of hydrogen-bond donors (Lipinski definition) is 3. The molecule has 200 valence electrons. The summed E-state index contributed by atoms with van der Waals surface area (Å²) >= 11 is 6.43. The van der Waals surface area contributed by atoms with Crippen molar-refractivity contribution in [2.45, 2.75) is 32.5 Å². The largest absolute Gasteiger partial charge is 0.394 e. The molecule has 3 N–H and O–H groups in total. The zero-order valence-corrected chi connectivity index (χ0v) is 22.3. The highest BCUT2D eigenvalue weighted by molar-refractivity contribution is 6.33. The van der Waals surface area contributed by atoms with Gasteiger partial charge >= 0.3 is 0 Å². The number of aryl methyl sites for hydroxylation is 2. The van der Waals surface area contributed by atoms with E-state index in [9.17, 15) is 14.7 Å². The van der Waals surface area contributed by atoms with Crippen LogP contribution in [0.1, 0.15) is 40.3 Å². The molecule has 0 spiro atoms. The van der Waals surface area contributed by atoms with Gasteiger partial charge in [-0.1, -0.05) is 29.8 Å². The molecule has 0 radical (unpaired) electrons. The number of halogens is 1. The molecule has 2 amide bonds. The average Bonchev–Trinajstić information content (AvgIpc) is 3.49. The van der Waals surface area contributed by atoms with Crippen LogP contribution >= 0.6 is 11.6 Å². The second-order valence-electron chi connectivity index (χ2n) is 9.35. The number of carbonyl (C=O) groups excluding carboxylic acids is 2. The Morgan fingerprint density at radius 3 is 2.74 bits per heavy atom. The molecule has 5 rings (SSSR count). The fraction of sp³-hybridized carbons (Fsp3) is 0.259. The van der Waals surface area contributed by atoms with Crippen LogP contribution in [0, 0.1) is 6.92 Å². The molecule has 2 unspecified atom stereocenters. The number of amides is 2. The number of hydrogen-bond acceptors (Lipinski definition) is 8. The highest BCUT2D eigenvalue weighted by Gasteiger charge is 2.35. The highest BCUT2D eigenvalue weighted by atomic mass is 35.5. The highest BCUT2D eigenvalue weighted by Crippen LogP contribution is 2.32. The number of pyridine rings is 1. The van der Waals surface area contributed by atoms with Crippen molar-refractivity contribution >= 4 is 35.1 Å². The van der Waals surface area contributed by atoms with Gasteiger partial charge in [0, 0.05) is 36.6 Å². The molecule has 0 aliphatic carbocycles. The molecular formula is C27H27ClN8O3. The van der Waals surface area contributed by atoms with E-state index in [2.05, 4.69) is 30.7 Å². The standard InChI is InChI=1S/C27H27ClN8O3/c1-15-5-4-6-22(31-15)23(14-37)33-25(38)16(2)36-12-18-8-7-17(9-20(18)26(36)39)24-21(28)11-29-27(34-24)32-19-10-30-35(3)13-19/h4-11,13,16,23,37H,12,14H2,1-3H3,(H,33,38)(H,29,32,34). The normalized spacial score (nSPS) is 14.2. The van der Waals surface area contributed by atoms with Crippen molar-refractivity contribution in [2.75, 3.05) is 11.9 Å². The summed E-state index contributed by atoms with van der Waals surface area (Å²) in [5.74, 6) is -0.325. The lowest BCUT2D eigenvalue weighted by atomic mass is 10.0. The minimum absolute atomic E-state index is 0.275. The van der Waals surface area contributed by atoms with Gasteiger partial charge in [-0.05, 0) is 37.6 Å². The number of nitrogens with one attached hydrogen (secondary N) is 2. The van der Waals surface area contributed by atoms with Crippen molar-refractivity contribution in [1.82, 2.24) is 34.9 Å². The van der Waals surface area contributed by atoms with E-state index >= 15 is 0 Å². The number of aromatic nitrogens is 5. The summed E-state index contributed by atoms with van der Waals surface area (Å²) in [6.07, 6.45) is 4.94. The van der Waals surface area contributed by atoms with Gasteiger partial charge < -0.3 is 20.6 Å². The van der Waals surface area contributed by atoms with Gasteiger partial charge in [-0.25, -0.2) is 9.97 Å². The van der Waals surface area contributed by atoms with Crippen LogP contribution in [0.25, 0.3) is 11.3 Å². The van der Waals surface area contributed by atoms with Gasteiger partial charge in [0.15, 0.2) is 0 Å². The Labute approximate surface area is 229 Å². The molecule has 39 heavy (non-hydrogen) atoms. The van der Waals surface area contributed by atoms with Crippen molar-refractivity contribution in [3.8, 4) is 11.3 Å². The zero-order valence-electron chi connectivity index (χ0n) is 21.6. The van der Waals surface area contributed by atoms with Crippen molar-refractivity contribution in [1.29, 1.82) is 0 Å². The lowest BCUT2D eigenvalue weighted by Crippen LogP contribution is -2.46. The fourth-order valence-corrected chi connectivity index (χ4v) is 4.63. The Balaban J connectivity index is 1.33. The van der Waals surface area contributed by atoms with Gasteiger partial charge in [0.25, 0.3) is 5.91 Å². The first-order valence-corrected chi connectivity index (χ1v) is 12.7. The first-order valence-electron chi connectivity index (χ1n) is 12.3. The molecule has 12 heteroatoms. The molecule has 4 aromatic rings. The van der Waals surface area contributed by atoms with E-state index in [1.807, 2.05) is 31.2 Å². The molecular weight excluding hydrogens is 520 g/mol. The zero-order chi connectivity index (χ0) is 27.7. The van der Waals surface area contributed by atoms with Gasteiger partial charge in [0.1, 0.15) is 6.04 Å². The number of carbonyl (C=O) groups is 2. The Morgan fingerprint density at radius 2 is 2.03 bits per heavy atom. The van der Waals surface area contributed by atoms with Crippen molar-refractivity contribution < 1.29 is 14.7 Å². The van der Waals surface area contributed by atoms with E-state index < -0.39 is 12.1 Å². The Morgan fingerprint density at radius 1 is 1.21 bits per heavy atom. The minimum Gasteiger partial charge on any atom is -0.394 e. The molecule has 0 bridgehead atoms. The van der Waals surface area contributed by atoms with E-state index in [0.29, 0.717) is 33.5 Å². The van der Waals surface area contributed by atoms with Crippen molar-refractivity contribution in [3.63, 3.8) is 0 Å². The molecule has 0 saturated heterocycles. The lowest BCUT2D eigenvalue weighted by molar-refractivity contribution is -0.126. The molecule has 0 fully saturated rings. The van der Waals surface area contributed by atoms with Crippen LogP contribution in [0.4, 0.5) is 11.6 Å². The first kappa shape index (κ1) is 26.3. The molecule has 1 aromatic carbocycles. The lowest BCUT2D eigenvalue weighted by Gasteiger charge is -2.25. The van der Waals surface area contributed by atoms with Crippen LogP contribution in [0.3, 0.4) is 0 Å². The van der Waals surface area contributed by atoms with E-state index in [0.717, 1.165) is 16.9 Å². The topological polar surface area (TPSA) is 138 Å². The van der Waals surface area contributed by atoms with E-state index in [1.165, 1.54) is 11.1 Å². The van der Waals surface area contributed by atoms with Crippen molar-refractivity contribution in [3.05, 3.63) is 82.5 Å². The summed E-state index contributed by atoms with van der Waals surface area (Å²) in [5, 5.41) is 20.2. The number of aliphatic hydroxyl groups is 1. The minimum atomic E-state index is -0.773. The van der Waals surface area contributed by atoms with Gasteiger partial charge in [-0.15, -0.1) is 0 Å². The third kappa shape index (κ3) is 5.45. The number of nitrogens with zero attached hydrogens (tertiary/aromatic N) is 6. The predicted octanol–water partition coefficient (Wildman–Crippen LogP) is 3.17. The maximum Gasteiger partial charge on any atom is 0.255 e. The monoisotopic (exact) mass is 546 g/mol. The first-order chi connectivity index (χ1) is 18.7. The van der Waals surface area contributed by atoms with Gasteiger partial charge in [0.05, 0.1) is 47.1 Å². The summed E-state index contributed by atoms with van der Waals surface area (Å²) in [7, 11) is 1.81. The number of aliphatic hydroxyl groups excluding tert-OH is 1. The number of rotatable bonds is 8. The molecule has 1 aliphatic rings. The SMILES string of the molecule is Cc1cccc(C(CO)NC(=O)C(C)N2Cc3ccc(-c4nc(Nc5cnn(C)c5)ncc4Cl)cc3C2=O)n1. The number of anilines is 2. The predicted molar refractivity (Wildman–Crippen MR) is 145 cm³/mol. The molecule has 11 nitrogen and oxygen atoms in total. The third-order valence-corrected chi connectivity index (χ3v) is 6.81. The molecule has 0 saturated carbocycles. The average molecular weight is 547 g/mol. The van der Waals surface area contributed by atoms with E-state index in [1.54, 1.807) is 43.2 Å². The fourth-order valence-electron chi connectivity index (χ4n) is 4.43. The van der Waals surface area contributed by atoms with E-state index in [4.69, 9.17) is 11.6 Å². The molecule has 4 heterocycles. The quantitative estimate of drug-likeness (QED) is 0.306. The Bertz CT molecular complexity index is 1560. The summed E-state index contributed by atoms with van der Waals surface area (Å²) in [6, 6.07) is 9.36. The number of benzene rings is 1. The van der Waals surface area contributed by atoms with Gasteiger partial charge in [-0.3, -0.25) is 19.3 Å².